The molecule has 0 atom stereocenters. The Morgan fingerprint density at radius 1 is 1.50 bits per heavy atom. The summed E-state index contributed by atoms with van der Waals surface area (Å²) in [4.78, 5) is 0. The van der Waals surface area contributed by atoms with Crippen LogP contribution in [0, 0.1) is 0 Å². The maximum Gasteiger partial charge on any atom is 0.408 e. The maximum atomic E-state index is 11.8. The second-order valence-corrected chi connectivity index (χ2v) is 2.64. The van der Waals surface area contributed by atoms with Crippen molar-refractivity contribution in [3.05, 3.63) is 18.0 Å². The molecule has 0 aliphatic rings. The standard InChI is InChI=1S/C6H7F3N2S/c7-6(8,9)4-11-2-5(3-12)1-10-11/h1-2,12H,3-4H2. The maximum absolute atomic E-state index is 11.8. The molecule has 0 aliphatic carbocycles. The summed E-state index contributed by atoms with van der Waals surface area (Å²) < 4.78 is 36.2. The van der Waals surface area contributed by atoms with Gasteiger partial charge in [0.05, 0.1) is 6.20 Å². The van der Waals surface area contributed by atoms with Gasteiger partial charge in [0.2, 0.25) is 0 Å². The molecule has 1 aromatic heterocycles. The molecule has 0 saturated carbocycles. The fourth-order valence-corrected chi connectivity index (χ4v) is 0.922. The van der Waals surface area contributed by atoms with E-state index in [1.165, 1.54) is 12.4 Å². The lowest BCUT2D eigenvalue weighted by Gasteiger charge is -2.04. The fraction of sp³-hybridized carbons (Fsp3) is 0.500. The lowest BCUT2D eigenvalue weighted by atomic mass is 10.4. The molecular weight excluding hydrogens is 189 g/mol. The number of aromatic nitrogens is 2. The van der Waals surface area contributed by atoms with E-state index in [0.29, 0.717) is 11.3 Å². The fourth-order valence-electron chi connectivity index (χ4n) is 0.758. The zero-order chi connectivity index (χ0) is 9.19. The van der Waals surface area contributed by atoms with Crippen molar-refractivity contribution in [3.8, 4) is 0 Å². The molecule has 68 valence electrons. The first-order valence-electron chi connectivity index (χ1n) is 3.20. The van der Waals surface area contributed by atoms with Crippen molar-refractivity contribution in [3.63, 3.8) is 0 Å². The Morgan fingerprint density at radius 3 is 2.58 bits per heavy atom. The largest absolute Gasteiger partial charge is 0.408 e. The van der Waals surface area contributed by atoms with Gasteiger partial charge in [0.1, 0.15) is 6.54 Å². The first-order valence-corrected chi connectivity index (χ1v) is 3.83. The molecule has 12 heavy (non-hydrogen) atoms. The van der Waals surface area contributed by atoms with Crippen LogP contribution in [0.4, 0.5) is 13.2 Å². The van der Waals surface area contributed by atoms with Crippen LogP contribution in [0.5, 0.6) is 0 Å². The molecule has 0 spiro atoms. The molecule has 2 nitrogen and oxygen atoms in total. The molecule has 0 aromatic carbocycles. The normalized spacial score (nSPS) is 12.0. The highest BCUT2D eigenvalue weighted by Crippen LogP contribution is 2.17. The molecule has 0 N–H and O–H groups in total. The summed E-state index contributed by atoms with van der Waals surface area (Å²) in [5, 5.41) is 3.52. The van der Waals surface area contributed by atoms with Gasteiger partial charge >= 0.3 is 6.18 Å². The SMILES string of the molecule is FC(F)(F)Cn1cc(CS)cn1. The van der Waals surface area contributed by atoms with Gasteiger partial charge in [0.15, 0.2) is 0 Å². The second-order valence-electron chi connectivity index (χ2n) is 2.32. The quantitative estimate of drug-likeness (QED) is 0.715. The third kappa shape index (κ3) is 2.77. The van der Waals surface area contributed by atoms with E-state index in [9.17, 15) is 13.2 Å². The van der Waals surface area contributed by atoms with E-state index in [2.05, 4.69) is 17.7 Å². The van der Waals surface area contributed by atoms with Crippen molar-refractivity contribution >= 4 is 12.6 Å². The summed E-state index contributed by atoms with van der Waals surface area (Å²) in [5.41, 5.74) is 0.683. The van der Waals surface area contributed by atoms with Crippen LogP contribution in [0.25, 0.3) is 0 Å². The Morgan fingerprint density at radius 2 is 2.17 bits per heavy atom. The van der Waals surface area contributed by atoms with Crippen LogP contribution in [-0.4, -0.2) is 16.0 Å². The number of rotatable bonds is 2. The predicted octanol–water partition coefficient (Wildman–Crippen LogP) is 1.88. The number of halogens is 3. The molecule has 0 bridgehead atoms. The summed E-state index contributed by atoms with van der Waals surface area (Å²) in [6.07, 6.45) is -1.50. The van der Waals surface area contributed by atoms with Gasteiger partial charge in [-0.1, -0.05) is 0 Å². The Hall–Kier alpha value is -0.650. The molecule has 0 radical (unpaired) electrons. The molecular formula is C6H7F3N2S. The summed E-state index contributed by atoms with van der Waals surface area (Å²) in [5.74, 6) is 0.401. The number of nitrogens with zero attached hydrogens (tertiary/aromatic N) is 2. The highest BCUT2D eigenvalue weighted by molar-refractivity contribution is 7.79. The minimum atomic E-state index is -4.21. The van der Waals surface area contributed by atoms with Crippen molar-refractivity contribution < 1.29 is 13.2 Å². The molecule has 6 heteroatoms. The summed E-state index contributed by atoms with van der Waals surface area (Å²) in [6.45, 7) is -1.04. The van der Waals surface area contributed by atoms with Crippen LogP contribution in [0.1, 0.15) is 5.56 Å². The van der Waals surface area contributed by atoms with Crippen molar-refractivity contribution in [2.75, 3.05) is 0 Å². The predicted molar refractivity (Wildman–Crippen MR) is 41.0 cm³/mol. The van der Waals surface area contributed by atoms with E-state index in [1.807, 2.05) is 0 Å². The number of thiol groups is 1. The van der Waals surface area contributed by atoms with Gasteiger partial charge in [-0.2, -0.15) is 30.9 Å². The summed E-state index contributed by atoms with van der Waals surface area (Å²) in [7, 11) is 0. The Balaban J connectivity index is 2.64. The van der Waals surface area contributed by atoms with E-state index in [0.717, 1.165) is 4.68 Å². The molecule has 0 fully saturated rings. The van der Waals surface area contributed by atoms with E-state index >= 15 is 0 Å². The van der Waals surface area contributed by atoms with Gasteiger partial charge in [0, 0.05) is 11.9 Å². The highest BCUT2D eigenvalue weighted by atomic mass is 32.1. The lowest BCUT2D eigenvalue weighted by molar-refractivity contribution is -0.142. The highest BCUT2D eigenvalue weighted by Gasteiger charge is 2.28. The van der Waals surface area contributed by atoms with Gasteiger partial charge in [-0.3, -0.25) is 4.68 Å². The number of hydrogen-bond acceptors (Lipinski definition) is 2. The van der Waals surface area contributed by atoms with Crippen LogP contribution < -0.4 is 0 Å². The molecule has 0 saturated heterocycles. The minimum absolute atomic E-state index is 0.401. The third-order valence-corrected chi connectivity index (χ3v) is 1.58. The van der Waals surface area contributed by atoms with E-state index < -0.39 is 12.7 Å². The van der Waals surface area contributed by atoms with E-state index in [4.69, 9.17) is 0 Å². The van der Waals surface area contributed by atoms with E-state index in [-0.39, 0.29) is 0 Å². The van der Waals surface area contributed by atoms with Gasteiger partial charge in [-0.25, -0.2) is 0 Å². The van der Waals surface area contributed by atoms with Crippen molar-refractivity contribution in [2.45, 2.75) is 18.5 Å². The van der Waals surface area contributed by atoms with Crippen LogP contribution in [-0.2, 0) is 12.3 Å². The topological polar surface area (TPSA) is 17.8 Å². The average Bonchev–Trinajstić information content (AvgIpc) is 2.32. The van der Waals surface area contributed by atoms with Gasteiger partial charge in [-0.05, 0) is 5.56 Å². The van der Waals surface area contributed by atoms with E-state index in [1.54, 1.807) is 0 Å². The van der Waals surface area contributed by atoms with Crippen molar-refractivity contribution in [2.24, 2.45) is 0 Å². The number of hydrogen-bond donors (Lipinski definition) is 1. The smallest absolute Gasteiger partial charge is 0.263 e. The molecule has 0 amide bonds. The summed E-state index contributed by atoms with van der Waals surface area (Å²) >= 11 is 3.90. The van der Waals surface area contributed by atoms with Crippen LogP contribution in [0.3, 0.4) is 0 Å². The zero-order valence-corrected chi connectivity index (χ0v) is 6.94. The van der Waals surface area contributed by atoms with Gasteiger partial charge < -0.3 is 0 Å². The monoisotopic (exact) mass is 196 g/mol. The Kier molecular flexibility index (Phi) is 2.66. The van der Waals surface area contributed by atoms with Crippen molar-refractivity contribution in [1.82, 2.24) is 9.78 Å². The zero-order valence-electron chi connectivity index (χ0n) is 6.04. The molecule has 0 aliphatic heterocycles. The molecule has 0 unspecified atom stereocenters. The Labute approximate surface area is 72.8 Å². The second kappa shape index (κ2) is 3.38. The minimum Gasteiger partial charge on any atom is -0.263 e. The molecule has 1 aromatic rings. The molecule has 1 rings (SSSR count). The average molecular weight is 196 g/mol. The van der Waals surface area contributed by atoms with Crippen LogP contribution in [0.15, 0.2) is 12.4 Å². The first-order chi connectivity index (χ1) is 5.51. The number of alkyl halides is 3. The third-order valence-electron chi connectivity index (χ3n) is 1.21. The van der Waals surface area contributed by atoms with Gasteiger partial charge in [0.25, 0.3) is 0 Å². The lowest BCUT2D eigenvalue weighted by Crippen LogP contribution is -2.17. The van der Waals surface area contributed by atoms with Gasteiger partial charge in [-0.15, -0.1) is 0 Å². The first kappa shape index (κ1) is 9.44. The summed E-state index contributed by atoms with van der Waals surface area (Å²) in [6, 6.07) is 0. The van der Waals surface area contributed by atoms with Crippen molar-refractivity contribution in [1.29, 1.82) is 0 Å². The molecule has 1 heterocycles. The van der Waals surface area contributed by atoms with Crippen LogP contribution >= 0.6 is 12.6 Å². The van der Waals surface area contributed by atoms with Crippen LogP contribution in [0.2, 0.25) is 0 Å². The Bertz CT molecular complexity index is 256.